The van der Waals surface area contributed by atoms with Gasteiger partial charge in [0.25, 0.3) is 0 Å². The lowest BCUT2D eigenvalue weighted by Crippen LogP contribution is -2.49. The van der Waals surface area contributed by atoms with Crippen LogP contribution in [0.2, 0.25) is 0 Å². The molecule has 0 aromatic carbocycles. The quantitative estimate of drug-likeness (QED) is 0.623. The van der Waals surface area contributed by atoms with Crippen molar-refractivity contribution in [3.8, 4) is 0 Å². The van der Waals surface area contributed by atoms with Crippen molar-refractivity contribution >= 4 is 34.5 Å². The van der Waals surface area contributed by atoms with Crippen LogP contribution in [0.5, 0.6) is 0 Å². The number of alkyl halides is 1. The smallest absolute Gasteiger partial charge is 0.304 e. The summed E-state index contributed by atoms with van der Waals surface area (Å²) in [5.74, 6) is -1.56. The predicted molar refractivity (Wildman–Crippen MR) is 76.4 cm³/mol. The van der Waals surface area contributed by atoms with Gasteiger partial charge in [-0.1, -0.05) is 36.4 Å². The Morgan fingerprint density at radius 1 is 1.24 bits per heavy atom. The molecule has 0 fully saturated rings. The van der Waals surface area contributed by atoms with E-state index in [1.807, 2.05) is 34.6 Å². The SMILES string of the molecule is CN(C(=O)C(CC(=O)O)C(C)(C)I)C(C)(C)C. The molecule has 0 saturated carbocycles. The molecule has 1 unspecified atom stereocenters. The van der Waals surface area contributed by atoms with Crippen LogP contribution >= 0.6 is 22.6 Å². The van der Waals surface area contributed by atoms with E-state index in [4.69, 9.17) is 5.11 Å². The number of amides is 1. The van der Waals surface area contributed by atoms with Gasteiger partial charge in [0.2, 0.25) is 5.91 Å². The number of nitrogens with zero attached hydrogens (tertiary/aromatic N) is 1. The van der Waals surface area contributed by atoms with Crippen LogP contribution in [0.4, 0.5) is 0 Å². The minimum atomic E-state index is -0.935. The van der Waals surface area contributed by atoms with Gasteiger partial charge in [-0.2, -0.15) is 0 Å². The van der Waals surface area contributed by atoms with Gasteiger partial charge in [0, 0.05) is 16.0 Å². The molecule has 0 aromatic heterocycles. The molecule has 0 aliphatic rings. The number of hydrogen-bond acceptors (Lipinski definition) is 2. The Morgan fingerprint density at radius 2 is 1.65 bits per heavy atom. The molecule has 17 heavy (non-hydrogen) atoms. The van der Waals surface area contributed by atoms with E-state index in [1.54, 1.807) is 11.9 Å². The minimum Gasteiger partial charge on any atom is -0.481 e. The molecule has 1 N–H and O–H groups in total. The van der Waals surface area contributed by atoms with Crippen molar-refractivity contribution in [1.29, 1.82) is 0 Å². The third-order valence-electron chi connectivity index (χ3n) is 2.84. The van der Waals surface area contributed by atoms with E-state index >= 15 is 0 Å². The number of halogens is 1. The van der Waals surface area contributed by atoms with Crippen molar-refractivity contribution in [3.05, 3.63) is 0 Å². The molecule has 4 nitrogen and oxygen atoms in total. The van der Waals surface area contributed by atoms with E-state index in [-0.39, 0.29) is 21.3 Å². The Hall–Kier alpha value is -0.330. The van der Waals surface area contributed by atoms with Gasteiger partial charge in [-0.25, -0.2) is 0 Å². The highest BCUT2D eigenvalue weighted by molar-refractivity contribution is 14.1. The Labute approximate surface area is 117 Å². The fourth-order valence-corrected chi connectivity index (χ4v) is 1.85. The summed E-state index contributed by atoms with van der Waals surface area (Å²) in [5.41, 5.74) is -0.296. The first-order chi connectivity index (χ1) is 7.37. The van der Waals surface area contributed by atoms with Crippen molar-refractivity contribution < 1.29 is 14.7 Å². The first-order valence-corrected chi connectivity index (χ1v) is 6.63. The Balaban J connectivity index is 5.08. The van der Waals surface area contributed by atoms with Crippen LogP contribution in [0.15, 0.2) is 0 Å². The molecule has 0 aliphatic carbocycles. The van der Waals surface area contributed by atoms with Gasteiger partial charge >= 0.3 is 5.97 Å². The molecule has 100 valence electrons. The van der Waals surface area contributed by atoms with Crippen molar-refractivity contribution in [1.82, 2.24) is 4.90 Å². The topological polar surface area (TPSA) is 57.6 Å². The number of rotatable bonds is 4. The van der Waals surface area contributed by atoms with Crippen LogP contribution in [0.3, 0.4) is 0 Å². The third-order valence-corrected chi connectivity index (χ3v) is 3.59. The fraction of sp³-hybridized carbons (Fsp3) is 0.833. The molecular formula is C12H22INO3. The zero-order valence-electron chi connectivity index (χ0n) is 11.4. The molecule has 1 atom stereocenters. The van der Waals surface area contributed by atoms with Crippen molar-refractivity contribution in [3.63, 3.8) is 0 Å². The van der Waals surface area contributed by atoms with Crippen molar-refractivity contribution in [2.24, 2.45) is 5.92 Å². The summed E-state index contributed by atoms with van der Waals surface area (Å²) in [4.78, 5) is 24.8. The van der Waals surface area contributed by atoms with E-state index in [9.17, 15) is 9.59 Å². The summed E-state index contributed by atoms with van der Waals surface area (Å²) in [6.45, 7) is 9.57. The molecule has 0 heterocycles. The lowest BCUT2D eigenvalue weighted by atomic mass is 9.89. The first-order valence-electron chi connectivity index (χ1n) is 5.55. The predicted octanol–water partition coefficient (Wildman–Crippen LogP) is 2.55. The zero-order chi connectivity index (χ0) is 14.0. The highest BCUT2D eigenvalue weighted by Crippen LogP contribution is 2.32. The number of carbonyl (C=O) groups is 2. The van der Waals surface area contributed by atoms with Gasteiger partial charge in [0.05, 0.1) is 12.3 Å². The number of carboxylic acids is 1. The summed E-state index contributed by atoms with van der Waals surface area (Å²) < 4.78 is -0.382. The van der Waals surface area contributed by atoms with Crippen LogP contribution in [0.25, 0.3) is 0 Å². The molecule has 1 amide bonds. The normalized spacial score (nSPS) is 14.3. The Bertz CT molecular complexity index is 302. The molecule has 0 aliphatic heterocycles. The van der Waals surface area contributed by atoms with Crippen LogP contribution in [0.1, 0.15) is 41.0 Å². The lowest BCUT2D eigenvalue weighted by molar-refractivity contribution is -0.146. The highest BCUT2D eigenvalue weighted by Gasteiger charge is 2.38. The van der Waals surface area contributed by atoms with E-state index in [0.29, 0.717) is 0 Å². The highest BCUT2D eigenvalue weighted by atomic mass is 127. The number of carboxylic acid groups (broad SMARTS) is 1. The first kappa shape index (κ1) is 16.7. The van der Waals surface area contributed by atoms with E-state index in [2.05, 4.69) is 22.6 Å². The second kappa shape index (κ2) is 5.54. The maximum Gasteiger partial charge on any atom is 0.304 e. The van der Waals surface area contributed by atoms with Gasteiger partial charge in [-0.3, -0.25) is 9.59 Å². The van der Waals surface area contributed by atoms with Crippen molar-refractivity contribution in [2.45, 2.75) is 50.0 Å². The summed E-state index contributed by atoms with van der Waals surface area (Å²) >= 11 is 2.14. The lowest BCUT2D eigenvalue weighted by Gasteiger charge is -2.37. The fourth-order valence-electron chi connectivity index (χ4n) is 1.36. The Morgan fingerprint density at radius 3 is 1.88 bits per heavy atom. The molecule has 5 heteroatoms. The molecule has 0 saturated heterocycles. The average molecular weight is 355 g/mol. The molecule has 0 spiro atoms. The maximum atomic E-state index is 12.3. The van der Waals surface area contributed by atoms with Crippen LogP contribution < -0.4 is 0 Å². The van der Waals surface area contributed by atoms with Gasteiger partial charge < -0.3 is 10.0 Å². The second-order valence-corrected chi connectivity index (χ2v) is 8.56. The summed E-state index contributed by atoms with van der Waals surface area (Å²) in [5, 5.41) is 8.91. The molecule has 0 radical (unpaired) electrons. The largest absolute Gasteiger partial charge is 0.481 e. The van der Waals surface area contributed by atoms with Crippen LogP contribution in [-0.4, -0.2) is 37.9 Å². The number of aliphatic carboxylic acids is 1. The Kier molecular flexibility index (Phi) is 5.43. The summed E-state index contributed by atoms with van der Waals surface area (Å²) in [6.07, 6.45) is -0.130. The van der Waals surface area contributed by atoms with Crippen LogP contribution in [0, 0.1) is 5.92 Å². The third kappa shape index (κ3) is 5.23. The van der Waals surface area contributed by atoms with E-state index in [1.165, 1.54) is 0 Å². The van der Waals surface area contributed by atoms with Crippen LogP contribution in [-0.2, 0) is 9.59 Å². The number of carbonyl (C=O) groups excluding carboxylic acids is 1. The minimum absolute atomic E-state index is 0.112. The second-order valence-electron chi connectivity index (χ2n) is 5.78. The monoisotopic (exact) mass is 355 g/mol. The summed E-state index contributed by atoms with van der Waals surface area (Å²) in [6, 6.07) is 0. The van der Waals surface area contributed by atoms with E-state index < -0.39 is 11.9 Å². The zero-order valence-corrected chi connectivity index (χ0v) is 13.5. The van der Waals surface area contributed by atoms with Gasteiger partial charge in [0.1, 0.15) is 0 Å². The molecule has 0 bridgehead atoms. The van der Waals surface area contributed by atoms with E-state index in [0.717, 1.165) is 0 Å². The molecule has 0 aromatic rings. The van der Waals surface area contributed by atoms with Gasteiger partial charge in [-0.05, 0) is 20.8 Å². The average Bonchev–Trinajstić information content (AvgIpc) is 2.08. The maximum absolute atomic E-state index is 12.3. The summed E-state index contributed by atoms with van der Waals surface area (Å²) in [7, 11) is 1.72. The number of hydrogen-bond donors (Lipinski definition) is 1. The van der Waals surface area contributed by atoms with Gasteiger partial charge in [0.15, 0.2) is 0 Å². The standard InChI is InChI=1S/C12H22INO3/c1-11(2,3)14(6)10(17)8(7-9(15)16)12(4,5)13/h8H,7H2,1-6H3,(H,15,16). The molecular weight excluding hydrogens is 333 g/mol. The van der Waals surface area contributed by atoms with Gasteiger partial charge in [-0.15, -0.1) is 0 Å². The van der Waals surface area contributed by atoms with Crippen molar-refractivity contribution in [2.75, 3.05) is 7.05 Å². The molecule has 0 rings (SSSR count).